The average Bonchev–Trinajstić information content (AvgIpc) is 1.73. The molecule has 684 valence electrons. The number of benzene rings is 1. The molecular formula is C85H146N18O18. The van der Waals surface area contributed by atoms with Gasteiger partial charge in [-0.25, -0.2) is 4.79 Å². The molecule has 0 unspecified atom stereocenters. The van der Waals surface area contributed by atoms with Crippen LogP contribution >= 0.6 is 0 Å². The van der Waals surface area contributed by atoms with Gasteiger partial charge >= 0.3 is 5.97 Å². The third-order valence-corrected chi connectivity index (χ3v) is 21.4. The minimum absolute atomic E-state index is 0.0585. The van der Waals surface area contributed by atoms with Crippen molar-refractivity contribution in [2.75, 3.05) is 6.54 Å². The van der Waals surface area contributed by atoms with Gasteiger partial charge in [-0.2, -0.15) is 0 Å². The third-order valence-electron chi connectivity index (χ3n) is 21.4. The van der Waals surface area contributed by atoms with Crippen LogP contribution in [-0.2, 0) is 83.1 Å². The number of aliphatic hydroxyl groups is 1. The van der Waals surface area contributed by atoms with Crippen molar-refractivity contribution in [2.24, 2.45) is 76.4 Å². The lowest BCUT2D eigenvalue weighted by atomic mass is 9.95. The highest BCUT2D eigenvalue weighted by Crippen LogP contribution is 2.23. The van der Waals surface area contributed by atoms with Gasteiger partial charge in [0.15, 0.2) is 0 Å². The normalized spacial score (nSPS) is 16.4. The predicted molar refractivity (Wildman–Crippen MR) is 459 cm³/mol. The predicted octanol–water partition coefficient (Wildman–Crippen LogP) is 1.61. The Bertz CT molecular complexity index is 3770. The molecule has 0 radical (unpaired) electrons. The highest BCUT2D eigenvalue weighted by Gasteiger charge is 2.42. The first-order valence-corrected chi connectivity index (χ1v) is 42.9. The Morgan fingerprint density at radius 1 is 0.372 bits per heavy atom. The minimum Gasteiger partial charge on any atom is -0.480 e. The lowest BCUT2D eigenvalue weighted by molar-refractivity contribution is -0.143. The van der Waals surface area contributed by atoms with Crippen molar-refractivity contribution in [3.63, 3.8) is 0 Å². The van der Waals surface area contributed by atoms with E-state index < -0.39 is 227 Å². The summed E-state index contributed by atoms with van der Waals surface area (Å²) in [7, 11) is 0. The number of primary amides is 1. The van der Waals surface area contributed by atoms with E-state index in [1.165, 1.54) is 13.8 Å². The second-order valence-electron chi connectivity index (χ2n) is 35.1. The summed E-state index contributed by atoms with van der Waals surface area (Å²) in [6, 6.07) is -13.3. The molecule has 1 aromatic heterocycles. The van der Waals surface area contributed by atoms with Gasteiger partial charge in [-0.05, 0) is 136 Å². The summed E-state index contributed by atoms with van der Waals surface area (Å²) in [5.41, 5.74) is 18.8. The fourth-order valence-corrected chi connectivity index (χ4v) is 13.4. The topological polar surface area (TPSA) is 576 Å². The monoisotopic (exact) mass is 1710 g/mol. The van der Waals surface area contributed by atoms with Gasteiger partial charge in [0, 0.05) is 23.5 Å². The Morgan fingerprint density at radius 2 is 0.702 bits per heavy atom. The van der Waals surface area contributed by atoms with Gasteiger partial charge in [-0.15, -0.1) is 0 Å². The zero-order valence-electron chi connectivity index (χ0n) is 75.2. The maximum Gasteiger partial charge on any atom is 0.326 e. The maximum absolute atomic E-state index is 15.1. The van der Waals surface area contributed by atoms with Crippen LogP contribution in [-0.4, -0.2) is 213 Å². The first kappa shape index (κ1) is 107. The zero-order chi connectivity index (χ0) is 92.3. The Kier molecular flexibility index (Phi) is 46.5. The molecule has 23 N–H and O–H groups in total. The van der Waals surface area contributed by atoms with E-state index in [2.05, 4.69) is 79.4 Å². The summed E-state index contributed by atoms with van der Waals surface area (Å²) in [6.07, 6.45) is 1.39. The van der Waals surface area contributed by atoms with E-state index in [9.17, 15) is 77.3 Å². The van der Waals surface area contributed by atoms with Crippen molar-refractivity contribution in [3.8, 4) is 0 Å². The largest absolute Gasteiger partial charge is 0.480 e. The Labute approximate surface area is 713 Å². The van der Waals surface area contributed by atoms with Crippen LogP contribution in [0, 0.1) is 59.2 Å². The molecule has 0 aliphatic rings. The molecule has 36 heteroatoms. The standard InChI is InChI=1S/C85H146N18O18/c1-23-48(18)64(88)79(114)94-60(37-44(10)11)76(111)98-66(46(14)15)81(116)99-65(45(12)13)80(115)97-62(39-63(87)105)75(110)93-57(34-41(4)5)73(108)90-51(21)71(106)92-59(36-43(8)9)77(112)103-70(52(22)104)84(119)102-69(50(20)25-3)83(118)96-61(38-53-40-89-55-31-27-26-30-54(53)55)78(113)101-68(49(19)24-2)82(117)95-58(35-42(6)7)74(109)91-56(32-28-29-33-86)72(107)100-67(47(16)17)85(120)121/h26-27,30-31,40-52,56-62,64-70,89,104H,23-25,28-29,32-39,86,88H2,1-22H3,(H2,87,105)(H,90,108)(H,91,109)(H,92,106)(H,93,110)(H,94,114)(H,95,117)(H,96,118)(H,97,115)(H,98,111)(H,99,116)(H,100,107)(H,101,113)(H,102,119)(H,103,112)(H,120,121)/t48-,49-,50-,51-,52+,56-,57-,58-,59-,60-,61-,62-,64-,65-,66-,67-,68-,69-,70-/m0/s1. The molecule has 0 fully saturated rings. The molecule has 36 nitrogen and oxygen atoms in total. The molecule has 1 aromatic carbocycles. The number of nitrogens with two attached hydrogens (primary N) is 3. The number of carbonyl (C=O) groups is 16. The molecule has 2 rings (SSSR count). The summed E-state index contributed by atoms with van der Waals surface area (Å²) in [4.78, 5) is 228. The molecule has 1 heterocycles. The van der Waals surface area contributed by atoms with Gasteiger partial charge in [0.1, 0.15) is 84.6 Å². The number of aromatic amines is 1. The van der Waals surface area contributed by atoms with Crippen molar-refractivity contribution >= 4 is 105 Å². The highest BCUT2D eigenvalue weighted by atomic mass is 16.4. The number of fused-ring (bicyclic) bond motifs is 1. The number of H-pyrrole nitrogens is 1. The smallest absolute Gasteiger partial charge is 0.326 e. The molecule has 0 saturated heterocycles. The van der Waals surface area contributed by atoms with Gasteiger partial charge in [-0.3, -0.25) is 71.9 Å². The molecular weight excluding hydrogens is 1560 g/mol. The number of aromatic nitrogens is 1. The molecule has 2 aromatic rings. The molecule has 121 heavy (non-hydrogen) atoms. The van der Waals surface area contributed by atoms with Crippen LogP contribution in [0.1, 0.15) is 229 Å². The lowest BCUT2D eigenvalue weighted by Gasteiger charge is -2.31. The van der Waals surface area contributed by atoms with Crippen LogP contribution in [0.2, 0.25) is 0 Å². The Balaban J connectivity index is 2.51. The van der Waals surface area contributed by atoms with E-state index in [0.29, 0.717) is 42.1 Å². The van der Waals surface area contributed by atoms with Crippen molar-refractivity contribution in [3.05, 3.63) is 36.0 Å². The average molecular weight is 1710 g/mol. The van der Waals surface area contributed by atoms with Crippen LogP contribution in [0.25, 0.3) is 10.9 Å². The number of para-hydroxylation sites is 1. The van der Waals surface area contributed by atoms with Crippen LogP contribution in [0.5, 0.6) is 0 Å². The van der Waals surface area contributed by atoms with Gasteiger partial charge in [0.05, 0.1) is 18.6 Å². The van der Waals surface area contributed by atoms with Crippen LogP contribution < -0.4 is 91.6 Å². The van der Waals surface area contributed by atoms with Crippen LogP contribution in [0.15, 0.2) is 30.5 Å². The van der Waals surface area contributed by atoms with E-state index >= 15 is 9.59 Å². The van der Waals surface area contributed by atoms with Gasteiger partial charge in [0.2, 0.25) is 88.6 Å². The molecule has 0 aliphatic carbocycles. The Hall–Kier alpha value is -9.84. The maximum atomic E-state index is 15.1. The van der Waals surface area contributed by atoms with Crippen molar-refractivity contribution in [1.29, 1.82) is 0 Å². The van der Waals surface area contributed by atoms with Crippen molar-refractivity contribution in [2.45, 2.75) is 326 Å². The van der Waals surface area contributed by atoms with Crippen LogP contribution in [0.3, 0.4) is 0 Å². The molecule has 0 spiro atoms. The fraction of sp³-hybridized carbons (Fsp3) is 0.718. The second kappa shape index (κ2) is 52.5. The molecule has 0 aliphatic heterocycles. The van der Waals surface area contributed by atoms with Gasteiger partial charge in [-0.1, -0.05) is 176 Å². The number of rotatable bonds is 55. The van der Waals surface area contributed by atoms with Crippen molar-refractivity contribution in [1.82, 2.24) is 79.4 Å². The lowest BCUT2D eigenvalue weighted by Crippen LogP contribution is -2.63. The van der Waals surface area contributed by atoms with Crippen LogP contribution in [0.4, 0.5) is 0 Å². The summed E-state index contributed by atoms with van der Waals surface area (Å²) in [6.45, 7) is 37.4. The molecule has 19 atom stereocenters. The van der Waals surface area contributed by atoms with E-state index in [0.717, 1.165) is 0 Å². The summed E-state index contributed by atoms with van der Waals surface area (Å²) < 4.78 is 0. The van der Waals surface area contributed by atoms with Gasteiger partial charge in [0.25, 0.3) is 0 Å². The SMILES string of the molecule is CC[C@H](C)[C@H](N)C(=O)N[C@@H](CC(C)C)C(=O)N[C@H](C(=O)N[C@H](C(=O)N[C@@H](CC(N)=O)C(=O)N[C@@H](CC(C)C)C(=O)N[C@@H](C)C(=O)N[C@@H](CC(C)C)C(=O)N[C@H](C(=O)N[C@H](C(=O)N[C@@H](Cc1c[nH]c2ccccc12)C(=O)N[C@H](C(=O)N[C@@H](CC(C)C)C(=O)N[C@@H](CCCCN)C(=O)N[C@H](C(=O)O)C(C)C)[C@@H](C)CC)[C@@H](C)CC)[C@@H](C)O)C(C)C)C(C)C. The number of aliphatic carboxylic acids is 1. The first-order valence-electron chi connectivity index (χ1n) is 42.9. The van der Waals surface area contributed by atoms with Crippen molar-refractivity contribution < 1.29 is 86.9 Å². The summed E-state index contributed by atoms with van der Waals surface area (Å²) in [5, 5.41) is 59.1. The Morgan fingerprint density at radius 3 is 1.14 bits per heavy atom. The summed E-state index contributed by atoms with van der Waals surface area (Å²) in [5.74, 6) is -18.2. The molecule has 0 saturated carbocycles. The van der Waals surface area contributed by atoms with E-state index in [1.807, 2.05) is 47.6 Å². The highest BCUT2D eigenvalue weighted by molar-refractivity contribution is 6.01. The number of carbonyl (C=O) groups excluding carboxylic acids is 15. The number of hydrogen-bond acceptors (Lipinski definition) is 19. The number of unbranched alkanes of at least 4 members (excludes halogenated alkanes) is 1. The first-order chi connectivity index (χ1) is 56.4. The number of amides is 15. The van der Waals surface area contributed by atoms with E-state index in [-0.39, 0.29) is 81.1 Å². The number of carboxylic acids is 1. The zero-order valence-corrected chi connectivity index (χ0v) is 75.2. The number of aliphatic hydroxyl groups excluding tert-OH is 1. The summed E-state index contributed by atoms with van der Waals surface area (Å²) >= 11 is 0. The number of hydrogen-bond donors (Lipinski definition) is 20. The van der Waals surface area contributed by atoms with E-state index in [1.54, 1.807) is 121 Å². The quantitative estimate of drug-likeness (QED) is 0.0418. The third kappa shape index (κ3) is 36.0. The number of carboxylic acid groups (broad SMARTS) is 1. The molecule has 0 bridgehead atoms. The number of nitrogens with one attached hydrogen (secondary N) is 15. The minimum atomic E-state index is -1.80. The molecule has 15 amide bonds. The van der Waals surface area contributed by atoms with Gasteiger partial charge < -0.3 is 107 Å². The van der Waals surface area contributed by atoms with E-state index in [4.69, 9.17) is 17.2 Å². The fourth-order valence-electron chi connectivity index (χ4n) is 13.4. The second-order valence-corrected chi connectivity index (χ2v) is 35.1.